The van der Waals surface area contributed by atoms with Gasteiger partial charge in [0.05, 0.1) is 26.9 Å². The molecule has 0 fully saturated rings. The molecule has 0 aliphatic carbocycles. The van der Waals surface area contributed by atoms with E-state index in [0.717, 1.165) is 92.2 Å². The first kappa shape index (κ1) is 35.8. The lowest BCUT2D eigenvalue weighted by atomic mass is 9.99. The van der Waals surface area contributed by atoms with Gasteiger partial charge in [0.1, 0.15) is 0 Å². The maximum atomic E-state index is 5.35. The van der Waals surface area contributed by atoms with Crippen LogP contribution in [0.5, 0.6) is 0 Å². The van der Waals surface area contributed by atoms with E-state index < -0.39 is 0 Å². The van der Waals surface area contributed by atoms with E-state index in [0.29, 0.717) is 17.6 Å². The van der Waals surface area contributed by atoms with Crippen LogP contribution in [0.3, 0.4) is 0 Å². The zero-order chi connectivity index (χ0) is 41.4. The van der Waals surface area contributed by atoms with Gasteiger partial charge >= 0.3 is 0 Å². The molecule has 5 aromatic heterocycles. The van der Waals surface area contributed by atoms with E-state index in [1.165, 1.54) is 15.0 Å². The maximum Gasteiger partial charge on any atom is 0.238 e. The van der Waals surface area contributed by atoms with Crippen LogP contribution in [0.2, 0.25) is 0 Å². The lowest BCUT2D eigenvalue weighted by Gasteiger charge is -2.11. The summed E-state index contributed by atoms with van der Waals surface area (Å²) in [5, 5.41) is 5.74. The van der Waals surface area contributed by atoms with Crippen molar-refractivity contribution in [2.75, 3.05) is 0 Å². The first-order chi connectivity index (χ1) is 31.2. The zero-order valence-corrected chi connectivity index (χ0v) is 35.1. The van der Waals surface area contributed by atoms with Gasteiger partial charge in [-0.25, -0.2) is 15.0 Å². The fraction of sp³-hybridized carbons (Fsp3) is 0. The van der Waals surface area contributed by atoms with Crippen LogP contribution in [-0.2, 0) is 0 Å². The monoisotopic (exact) mass is 840 g/mol. The van der Waals surface area contributed by atoms with Crippen LogP contribution >= 0.6 is 22.7 Å². The molecule has 13 rings (SSSR count). The summed E-state index contributed by atoms with van der Waals surface area (Å²) in [6.07, 6.45) is 0. The number of hydrogen-bond donors (Lipinski definition) is 0. The van der Waals surface area contributed by atoms with Gasteiger partial charge in [-0.3, -0.25) is 4.57 Å². The van der Waals surface area contributed by atoms with Crippen molar-refractivity contribution in [3.8, 4) is 62.5 Å². The van der Waals surface area contributed by atoms with Crippen LogP contribution in [0.1, 0.15) is 0 Å². The van der Waals surface area contributed by atoms with Gasteiger partial charge in [0.2, 0.25) is 5.95 Å². The average Bonchev–Trinajstić information content (AvgIpc) is 4.04. The third-order valence-corrected chi connectivity index (χ3v) is 14.2. The molecular weight excluding hydrogens is 809 g/mol. The Morgan fingerprint density at radius 2 is 0.984 bits per heavy atom. The topological polar surface area (TPSA) is 69.4 Å². The van der Waals surface area contributed by atoms with E-state index in [1.807, 2.05) is 24.3 Å². The number of aromatic nitrogens is 6. The molecule has 8 heteroatoms. The minimum Gasteiger partial charge on any atom is -0.278 e. The molecule has 0 saturated heterocycles. The standard InChI is InChI=1S/C55H32N6S2/c1-4-16-33(17-5-1)37-24-14-27-43-47(37)38-22-10-12-26-42(38)61(43)55-59-52(35-20-8-3-9-21-35)58-53(60-55)36-30-31-39-46(32-36)62-45-29-15-25-41(48(39)45)54-56-49(34-18-6-2-7-19-34)51-50(57-54)40-23-11-13-28-44(40)63-51/h1-32H. The van der Waals surface area contributed by atoms with Gasteiger partial charge in [-0.1, -0.05) is 164 Å². The van der Waals surface area contributed by atoms with Crippen molar-refractivity contribution in [3.05, 3.63) is 194 Å². The smallest absolute Gasteiger partial charge is 0.238 e. The Morgan fingerprint density at radius 1 is 0.349 bits per heavy atom. The fourth-order valence-corrected chi connectivity index (χ4v) is 11.4. The normalized spacial score (nSPS) is 11.8. The van der Waals surface area contributed by atoms with Gasteiger partial charge in [0.25, 0.3) is 0 Å². The Kier molecular flexibility index (Phi) is 8.15. The highest BCUT2D eigenvalue weighted by Crippen LogP contribution is 2.44. The molecule has 0 amide bonds. The predicted octanol–water partition coefficient (Wildman–Crippen LogP) is 14.8. The number of fused-ring (bicyclic) bond motifs is 9. The first-order valence-corrected chi connectivity index (χ1v) is 22.5. The van der Waals surface area contributed by atoms with E-state index in [9.17, 15) is 0 Å². The molecule has 13 aromatic rings. The number of rotatable bonds is 6. The van der Waals surface area contributed by atoms with Gasteiger partial charge in [0, 0.05) is 63.3 Å². The number of para-hydroxylation sites is 1. The number of hydrogen-bond acceptors (Lipinski definition) is 7. The van der Waals surface area contributed by atoms with Crippen LogP contribution in [0.15, 0.2) is 194 Å². The second kappa shape index (κ2) is 14.3. The summed E-state index contributed by atoms with van der Waals surface area (Å²) < 4.78 is 6.79. The second-order valence-corrected chi connectivity index (χ2v) is 17.7. The van der Waals surface area contributed by atoms with E-state index in [-0.39, 0.29) is 0 Å². The molecular formula is C55H32N6S2. The van der Waals surface area contributed by atoms with Gasteiger partial charge in [-0.2, -0.15) is 9.97 Å². The Labute approximate surface area is 369 Å². The molecule has 0 unspecified atom stereocenters. The molecule has 294 valence electrons. The second-order valence-electron chi connectivity index (χ2n) is 15.6. The minimum absolute atomic E-state index is 0.566. The van der Waals surface area contributed by atoms with E-state index in [2.05, 4.69) is 174 Å². The molecule has 6 nitrogen and oxygen atoms in total. The van der Waals surface area contributed by atoms with Crippen LogP contribution in [0.4, 0.5) is 0 Å². The van der Waals surface area contributed by atoms with Crippen molar-refractivity contribution in [3.63, 3.8) is 0 Å². The molecule has 0 saturated carbocycles. The van der Waals surface area contributed by atoms with Crippen molar-refractivity contribution in [1.82, 2.24) is 29.5 Å². The Hall–Kier alpha value is -7.91. The van der Waals surface area contributed by atoms with Gasteiger partial charge in [0.15, 0.2) is 17.5 Å². The highest BCUT2D eigenvalue weighted by molar-refractivity contribution is 7.26. The lowest BCUT2D eigenvalue weighted by molar-refractivity contribution is 0.954. The molecule has 0 atom stereocenters. The first-order valence-electron chi connectivity index (χ1n) is 20.8. The van der Waals surface area contributed by atoms with Crippen molar-refractivity contribution in [2.24, 2.45) is 0 Å². The fourth-order valence-electron chi connectivity index (χ4n) is 9.06. The van der Waals surface area contributed by atoms with Crippen LogP contribution in [-0.4, -0.2) is 29.5 Å². The highest BCUT2D eigenvalue weighted by Gasteiger charge is 2.22. The Balaban J connectivity index is 1.01. The summed E-state index contributed by atoms with van der Waals surface area (Å²) in [5.74, 6) is 2.50. The number of nitrogens with zero attached hydrogens (tertiary/aromatic N) is 6. The third-order valence-electron chi connectivity index (χ3n) is 11.9. The summed E-state index contributed by atoms with van der Waals surface area (Å²) in [6.45, 7) is 0. The molecule has 0 spiro atoms. The molecule has 63 heavy (non-hydrogen) atoms. The lowest BCUT2D eigenvalue weighted by Crippen LogP contribution is -2.06. The van der Waals surface area contributed by atoms with E-state index >= 15 is 0 Å². The largest absolute Gasteiger partial charge is 0.278 e. The quantitative estimate of drug-likeness (QED) is 0.167. The Morgan fingerprint density at radius 3 is 1.79 bits per heavy atom. The predicted molar refractivity (Wildman–Crippen MR) is 263 cm³/mol. The van der Waals surface area contributed by atoms with Crippen molar-refractivity contribution >= 4 is 85.0 Å². The molecule has 0 bridgehead atoms. The molecule has 5 heterocycles. The SMILES string of the molecule is c1ccc(-c2nc(-c3ccc4c(c3)sc3cccc(-c5nc(-c6ccccc6)c6sc7ccccc7c6n5)c34)nc(-n3c4ccccc4c4c(-c5ccccc5)cccc43)n2)cc1. The molecule has 8 aromatic carbocycles. The summed E-state index contributed by atoms with van der Waals surface area (Å²) in [4.78, 5) is 26.4. The van der Waals surface area contributed by atoms with Crippen LogP contribution in [0.25, 0.3) is 125 Å². The molecule has 0 aliphatic rings. The maximum absolute atomic E-state index is 5.35. The third kappa shape index (κ3) is 5.80. The van der Waals surface area contributed by atoms with E-state index in [4.69, 9.17) is 24.9 Å². The zero-order valence-electron chi connectivity index (χ0n) is 33.5. The highest BCUT2D eigenvalue weighted by atomic mass is 32.1. The number of thiophene rings is 2. The number of benzene rings is 8. The van der Waals surface area contributed by atoms with Crippen LogP contribution < -0.4 is 0 Å². The van der Waals surface area contributed by atoms with E-state index in [1.54, 1.807) is 22.7 Å². The van der Waals surface area contributed by atoms with Gasteiger partial charge in [-0.05, 0) is 41.5 Å². The van der Waals surface area contributed by atoms with Crippen molar-refractivity contribution in [2.45, 2.75) is 0 Å². The average molecular weight is 841 g/mol. The summed E-state index contributed by atoms with van der Waals surface area (Å²) in [6, 6.07) is 67.8. The van der Waals surface area contributed by atoms with Gasteiger partial charge in [-0.15, -0.1) is 22.7 Å². The van der Waals surface area contributed by atoms with Crippen LogP contribution in [0, 0.1) is 0 Å². The Bertz CT molecular complexity index is 3910. The summed E-state index contributed by atoms with van der Waals surface area (Å²) in [5.41, 5.74) is 10.3. The minimum atomic E-state index is 0.566. The summed E-state index contributed by atoms with van der Waals surface area (Å²) >= 11 is 3.52. The van der Waals surface area contributed by atoms with Crippen molar-refractivity contribution in [1.29, 1.82) is 0 Å². The molecule has 0 N–H and O–H groups in total. The summed E-state index contributed by atoms with van der Waals surface area (Å²) in [7, 11) is 0. The molecule has 0 aliphatic heterocycles. The van der Waals surface area contributed by atoms with Crippen molar-refractivity contribution < 1.29 is 0 Å². The molecule has 0 radical (unpaired) electrons. The van der Waals surface area contributed by atoms with Gasteiger partial charge < -0.3 is 0 Å².